The van der Waals surface area contributed by atoms with Gasteiger partial charge in [0.1, 0.15) is 11.4 Å². The zero-order valence-electron chi connectivity index (χ0n) is 15.1. The van der Waals surface area contributed by atoms with Crippen LogP contribution < -0.4 is 5.32 Å². The van der Waals surface area contributed by atoms with Crippen molar-refractivity contribution in [3.8, 4) is 0 Å². The molecule has 0 atom stereocenters. The number of pyridine rings is 1. The molecule has 0 aliphatic carbocycles. The summed E-state index contributed by atoms with van der Waals surface area (Å²) in [4.78, 5) is 17.0. The van der Waals surface area contributed by atoms with Crippen molar-refractivity contribution in [3.63, 3.8) is 0 Å². The van der Waals surface area contributed by atoms with Crippen molar-refractivity contribution < 1.29 is 13.6 Å². The number of rotatable bonds is 5. The number of fused-ring (bicyclic) bond motifs is 1. The Bertz CT molecular complexity index is 1140. The van der Waals surface area contributed by atoms with Crippen LogP contribution in [0.25, 0.3) is 11.0 Å². The third kappa shape index (κ3) is 3.92. The topological polar surface area (TPSA) is 55.1 Å². The Balaban J connectivity index is 1.50. The minimum absolute atomic E-state index is 0.189. The van der Waals surface area contributed by atoms with Crippen LogP contribution in [-0.2, 0) is 5.75 Å². The molecule has 0 unspecified atom stereocenters. The monoisotopic (exact) mass is 392 g/mol. The highest BCUT2D eigenvalue weighted by Crippen LogP contribution is 2.27. The molecule has 4 aromatic rings. The van der Waals surface area contributed by atoms with Crippen LogP contribution in [0.15, 0.2) is 76.3 Å². The first kappa shape index (κ1) is 18.3. The lowest BCUT2D eigenvalue weighted by molar-refractivity contribution is 0.0998. The molecule has 0 spiro atoms. The molecule has 0 bridgehead atoms. The van der Waals surface area contributed by atoms with Gasteiger partial charge in [0.25, 0.3) is 5.91 Å². The number of amides is 1. The molecule has 1 N–H and O–H groups in total. The first-order valence-electron chi connectivity index (χ1n) is 8.73. The van der Waals surface area contributed by atoms with Crippen LogP contribution in [0.4, 0.5) is 10.1 Å². The molecule has 2 heterocycles. The maximum absolute atomic E-state index is 13.5. The summed E-state index contributed by atoms with van der Waals surface area (Å²) < 4.78 is 19.1. The predicted molar refractivity (Wildman–Crippen MR) is 109 cm³/mol. The third-order valence-corrected chi connectivity index (χ3v) is 5.33. The Kier molecular flexibility index (Phi) is 5.12. The van der Waals surface area contributed by atoms with Gasteiger partial charge < -0.3 is 9.73 Å². The van der Waals surface area contributed by atoms with Gasteiger partial charge in [0.15, 0.2) is 5.76 Å². The smallest absolute Gasteiger partial charge is 0.291 e. The van der Waals surface area contributed by atoms with E-state index in [9.17, 15) is 9.18 Å². The van der Waals surface area contributed by atoms with E-state index in [1.54, 1.807) is 24.9 Å². The first-order chi connectivity index (χ1) is 13.6. The van der Waals surface area contributed by atoms with Crippen LogP contribution in [0.5, 0.6) is 0 Å². The number of anilines is 1. The standard InChI is InChI=1S/C22H17FN2O2S/c1-14-18-12-16(23)8-9-19(18)27-21(14)22(26)25-17-6-4-5-15(11-17)13-28-20-7-2-3-10-24-20/h2-12H,13H2,1H3,(H,25,26). The highest BCUT2D eigenvalue weighted by atomic mass is 32.2. The van der Waals surface area contributed by atoms with Crippen LogP contribution in [0.3, 0.4) is 0 Å². The number of nitrogens with one attached hydrogen (secondary N) is 1. The Labute approximate surface area is 165 Å². The van der Waals surface area contributed by atoms with Crippen LogP contribution in [0.1, 0.15) is 21.7 Å². The Morgan fingerprint density at radius 2 is 2.04 bits per heavy atom. The average molecular weight is 392 g/mol. The number of hydrogen-bond donors (Lipinski definition) is 1. The van der Waals surface area contributed by atoms with E-state index >= 15 is 0 Å². The van der Waals surface area contributed by atoms with Gasteiger partial charge in [0.2, 0.25) is 0 Å². The highest BCUT2D eigenvalue weighted by molar-refractivity contribution is 7.98. The molecule has 0 aliphatic heterocycles. The molecule has 28 heavy (non-hydrogen) atoms. The zero-order valence-corrected chi connectivity index (χ0v) is 15.9. The summed E-state index contributed by atoms with van der Waals surface area (Å²) in [7, 11) is 0. The number of carbonyl (C=O) groups is 1. The second kappa shape index (κ2) is 7.86. The second-order valence-electron chi connectivity index (χ2n) is 6.31. The second-order valence-corrected chi connectivity index (χ2v) is 7.30. The van der Waals surface area contributed by atoms with Crippen LogP contribution in [0.2, 0.25) is 0 Å². The molecule has 6 heteroatoms. The maximum Gasteiger partial charge on any atom is 0.291 e. The quantitative estimate of drug-likeness (QED) is 0.435. The van der Waals surface area contributed by atoms with E-state index in [0.717, 1.165) is 16.3 Å². The van der Waals surface area contributed by atoms with Gasteiger partial charge >= 0.3 is 0 Å². The molecular formula is C22H17FN2O2S. The average Bonchev–Trinajstić information content (AvgIpc) is 3.04. The fourth-order valence-electron chi connectivity index (χ4n) is 2.93. The number of hydrogen-bond acceptors (Lipinski definition) is 4. The van der Waals surface area contributed by atoms with E-state index in [-0.39, 0.29) is 17.5 Å². The van der Waals surface area contributed by atoms with E-state index in [1.807, 2.05) is 42.5 Å². The SMILES string of the molecule is Cc1c(C(=O)Nc2cccc(CSc3ccccn3)c2)oc2ccc(F)cc12. The van der Waals surface area contributed by atoms with E-state index in [1.165, 1.54) is 18.2 Å². The van der Waals surface area contributed by atoms with E-state index in [4.69, 9.17) is 4.42 Å². The summed E-state index contributed by atoms with van der Waals surface area (Å²) in [5, 5.41) is 4.41. The van der Waals surface area contributed by atoms with Crippen molar-refractivity contribution in [2.24, 2.45) is 0 Å². The number of aromatic nitrogens is 1. The van der Waals surface area contributed by atoms with Gasteiger partial charge in [-0.25, -0.2) is 9.37 Å². The van der Waals surface area contributed by atoms with Crippen molar-refractivity contribution in [1.82, 2.24) is 4.98 Å². The van der Waals surface area contributed by atoms with Crippen molar-refractivity contribution in [2.45, 2.75) is 17.7 Å². The number of nitrogens with zero attached hydrogens (tertiary/aromatic N) is 1. The van der Waals surface area contributed by atoms with Gasteiger partial charge in [-0.15, -0.1) is 11.8 Å². The van der Waals surface area contributed by atoms with Crippen molar-refractivity contribution in [3.05, 3.63) is 89.6 Å². The minimum atomic E-state index is -0.360. The number of furan rings is 1. The minimum Gasteiger partial charge on any atom is -0.451 e. The summed E-state index contributed by atoms with van der Waals surface area (Å²) in [6.45, 7) is 1.75. The lowest BCUT2D eigenvalue weighted by atomic mass is 10.1. The Morgan fingerprint density at radius 1 is 1.14 bits per heavy atom. The Hall–Kier alpha value is -3.12. The normalized spacial score (nSPS) is 10.9. The summed E-state index contributed by atoms with van der Waals surface area (Å²) >= 11 is 1.63. The number of halogens is 1. The van der Waals surface area contributed by atoms with Crippen LogP contribution >= 0.6 is 11.8 Å². The maximum atomic E-state index is 13.5. The largest absolute Gasteiger partial charge is 0.451 e. The van der Waals surface area contributed by atoms with Gasteiger partial charge in [-0.1, -0.05) is 18.2 Å². The molecule has 4 nitrogen and oxygen atoms in total. The van der Waals surface area contributed by atoms with Gasteiger partial charge in [-0.05, 0) is 55.0 Å². The zero-order chi connectivity index (χ0) is 19.5. The molecular weight excluding hydrogens is 375 g/mol. The van der Waals surface area contributed by atoms with Crippen molar-refractivity contribution in [1.29, 1.82) is 0 Å². The van der Waals surface area contributed by atoms with E-state index in [2.05, 4.69) is 10.3 Å². The molecule has 0 radical (unpaired) electrons. The molecule has 0 saturated carbocycles. The van der Waals surface area contributed by atoms with E-state index in [0.29, 0.717) is 22.2 Å². The van der Waals surface area contributed by atoms with Crippen LogP contribution in [0, 0.1) is 12.7 Å². The van der Waals surface area contributed by atoms with Crippen molar-refractivity contribution >= 4 is 34.3 Å². The summed E-state index contributed by atoms with van der Waals surface area (Å²) in [6.07, 6.45) is 1.76. The number of benzene rings is 2. The molecule has 4 rings (SSSR count). The molecule has 2 aromatic heterocycles. The number of carbonyl (C=O) groups excluding carboxylic acids is 1. The van der Waals surface area contributed by atoms with Gasteiger partial charge in [-0.2, -0.15) is 0 Å². The third-order valence-electron chi connectivity index (χ3n) is 4.31. The fourth-order valence-corrected chi connectivity index (χ4v) is 3.73. The molecule has 1 amide bonds. The summed E-state index contributed by atoms with van der Waals surface area (Å²) in [6, 6.07) is 17.7. The van der Waals surface area contributed by atoms with E-state index < -0.39 is 0 Å². The Morgan fingerprint density at radius 3 is 2.86 bits per heavy atom. The molecule has 0 aliphatic rings. The molecule has 140 valence electrons. The number of aryl methyl sites for hydroxylation is 1. The molecule has 0 fully saturated rings. The van der Waals surface area contributed by atoms with Crippen molar-refractivity contribution in [2.75, 3.05) is 5.32 Å². The fraction of sp³-hybridized carbons (Fsp3) is 0.0909. The first-order valence-corrected chi connectivity index (χ1v) is 9.71. The van der Waals surface area contributed by atoms with Gasteiger partial charge in [0, 0.05) is 28.6 Å². The number of thioether (sulfide) groups is 1. The van der Waals surface area contributed by atoms with Gasteiger partial charge in [-0.3, -0.25) is 4.79 Å². The lowest BCUT2D eigenvalue weighted by Crippen LogP contribution is -2.12. The summed E-state index contributed by atoms with van der Waals surface area (Å²) in [5.41, 5.74) is 2.85. The molecule has 2 aromatic carbocycles. The lowest BCUT2D eigenvalue weighted by Gasteiger charge is -2.07. The highest BCUT2D eigenvalue weighted by Gasteiger charge is 2.18. The summed E-state index contributed by atoms with van der Waals surface area (Å²) in [5.74, 6) is 0.211. The van der Waals surface area contributed by atoms with Crippen LogP contribution in [-0.4, -0.2) is 10.9 Å². The molecule has 0 saturated heterocycles. The predicted octanol–water partition coefficient (Wildman–Crippen LogP) is 5.82. The van der Waals surface area contributed by atoms with Gasteiger partial charge in [0.05, 0.1) is 5.03 Å².